The number of esters is 1. The molecule has 5 heteroatoms. The second kappa shape index (κ2) is 7.92. The molecule has 120 valence electrons. The van der Waals surface area contributed by atoms with E-state index in [0.29, 0.717) is 18.7 Å². The molecule has 1 aromatic carbocycles. The topological polar surface area (TPSA) is 46.6 Å². The van der Waals surface area contributed by atoms with Gasteiger partial charge >= 0.3 is 5.97 Å². The largest absolute Gasteiger partial charge is 0.466 e. The Morgan fingerprint density at radius 2 is 1.86 bits per heavy atom. The van der Waals surface area contributed by atoms with Crippen molar-refractivity contribution in [3.05, 3.63) is 35.6 Å². The van der Waals surface area contributed by atoms with Crippen molar-refractivity contribution in [3.8, 4) is 0 Å². The average Bonchev–Trinajstić information content (AvgIpc) is 3.02. The molecule has 1 saturated carbocycles. The fraction of sp³-hybridized carbons (Fsp3) is 0.529. The highest BCUT2D eigenvalue weighted by Crippen LogP contribution is 2.25. The van der Waals surface area contributed by atoms with E-state index >= 15 is 0 Å². The van der Waals surface area contributed by atoms with Crippen molar-refractivity contribution in [2.45, 2.75) is 45.1 Å². The Morgan fingerprint density at radius 1 is 1.23 bits per heavy atom. The first kappa shape index (κ1) is 16.5. The van der Waals surface area contributed by atoms with Gasteiger partial charge in [0.2, 0.25) is 0 Å². The van der Waals surface area contributed by atoms with Crippen LogP contribution in [0.5, 0.6) is 0 Å². The van der Waals surface area contributed by atoms with Crippen LogP contribution in [-0.2, 0) is 9.53 Å². The van der Waals surface area contributed by atoms with Gasteiger partial charge in [0.25, 0.3) is 5.91 Å². The SMILES string of the molecule is CCOC(=O)CCN(C(=O)c1ccc(F)cc1)C1CCCC1. The van der Waals surface area contributed by atoms with Crippen molar-refractivity contribution in [1.82, 2.24) is 4.90 Å². The molecule has 0 saturated heterocycles. The van der Waals surface area contributed by atoms with E-state index in [4.69, 9.17) is 4.74 Å². The van der Waals surface area contributed by atoms with E-state index in [0.717, 1.165) is 25.7 Å². The molecule has 0 N–H and O–H groups in total. The first-order chi connectivity index (χ1) is 10.6. The minimum Gasteiger partial charge on any atom is -0.466 e. The van der Waals surface area contributed by atoms with Crippen molar-refractivity contribution in [2.75, 3.05) is 13.2 Å². The van der Waals surface area contributed by atoms with Crippen LogP contribution < -0.4 is 0 Å². The normalized spacial score (nSPS) is 14.8. The Hall–Kier alpha value is -1.91. The summed E-state index contributed by atoms with van der Waals surface area (Å²) in [6, 6.07) is 5.71. The van der Waals surface area contributed by atoms with E-state index in [1.54, 1.807) is 11.8 Å². The fourth-order valence-electron chi connectivity index (χ4n) is 2.87. The van der Waals surface area contributed by atoms with Crippen molar-refractivity contribution < 1.29 is 18.7 Å². The number of amides is 1. The van der Waals surface area contributed by atoms with Gasteiger partial charge in [0.05, 0.1) is 13.0 Å². The Balaban J connectivity index is 2.07. The molecule has 0 aliphatic heterocycles. The predicted octanol–water partition coefficient (Wildman–Crippen LogP) is 3.16. The van der Waals surface area contributed by atoms with Crippen LogP contribution in [0.4, 0.5) is 4.39 Å². The zero-order chi connectivity index (χ0) is 15.9. The van der Waals surface area contributed by atoms with E-state index in [9.17, 15) is 14.0 Å². The van der Waals surface area contributed by atoms with Crippen LogP contribution in [0.3, 0.4) is 0 Å². The summed E-state index contributed by atoms with van der Waals surface area (Å²) in [6.07, 6.45) is 4.29. The van der Waals surface area contributed by atoms with Gasteiger partial charge < -0.3 is 9.64 Å². The molecule has 4 nitrogen and oxygen atoms in total. The van der Waals surface area contributed by atoms with Gasteiger partial charge in [-0.2, -0.15) is 0 Å². The first-order valence-electron chi connectivity index (χ1n) is 7.84. The standard InChI is InChI=1S/C17H22FNO3/c1-2-22-16(20)11-12-19(15-5-3-4-6-15)17(21)13-7-9-14(18)10-8-13/h7-10,15H,2-6,11-12H2,1H3. The van der Waals surface area contributed by atoms with Crippen LogP contribution in [-0.4, -0.2) is 36.0 Å². The maximum Gasteiger partial charge on any atom is 0.307 e. The number of hydrogen-bond donors (Lipinski definition) is 0. The first-order valence-corrected chi connectivity index (χ1v) is 7.84. The van der Waals surface area contributed by atoms with Crippen LogP contribution in [0.15, 0.2) is 24.3 Å². The molecule has 0 unspecified atom stereocenters. The van der Waals surface area contributed by atoms with Crippen molar-refractivity contribution in [1.29, 1.82) is 0 Å². The monoisotopic (exact) mass is 307 g/mol. The summed E-state index contributed by atoms with van der Waals surface area (Å²) in [7, 11) is 0. The van der Waals surface area contributed by atoms with Gasteiger partial charge in [0.15, 0.2) is 0 Å². The summed E-state index contributed by atoms with van der Waals surface area (Å²) in [5.74, 6) is -0.802. The number of benzene rings is 1. The smallest absolute Gasteiger partial charge is 0.307 e. The van der Waals surface area contributed by atoms with Gasteiger partial charge in [-0.25, -0.2) is 4.39 Å². The van der Waals surface area contributed by atoms with Gasteiger partial charge in [-0.05, 0) is 44.0 Å². The van der Waals surface area contributed by atoms with E-state index in [1.165, 1.54) is 24.3 Å². The lowest BCUT2D eigenvalue weighted by Crippen LogP contribution is -2.40. The minimum absolute atomic E-state index is 0.142. The molecule has 0 spiro atoms. The predicted molar refractivity (Wildman–Crippen MR) is 80.9 cm³/mol. The lowest BCUT2D eigenvalue weighted by Gasteiger charge is -2.29. The number of nitrogens with zero attached hydrogens (tertiary/aromatic N) is 1. The Labute approximate surface area is 130 Å². The van der Waals surface area contributed by atoms with Crippen LogP contribution >= 0.6 is 0 Å². The van der Waals surface area contributed by atoms with Gasteiger partial charge in [0.1, 0.15) is 5.82 Å². The second-order valence-electron chi connectivity index (χ2n) is 5.50. The van der Waals surface area contributed by atoms with Crippen LogP contribution in [0.25, 0.3) is 0 Å². The third-order valence-electron chi connectivity index (χ3n) is 3.98. The quantitative estimate of drug-likeness (QED) is 0.758. The summed E-state index contributed by atoms with van der Waals surface area (Å²) in [6.45, 7) is 2.45. The highest BCUT2D eigenvalue weighted by Gasteiger charge is 2.27. The number of ether oxygens (including phenoxy) is 1. The molecule has 1 fully saturated rings. The molecule has 0 atom stereocenters. The number of rotatable bonds is 6. The number of carbonyl (C=O) groups is 2. The molecule has 22 heavy (non-hydrogen) atoms. The summed E-state index contributed by atoms with van der Waals surface area (Å²) < 4.78 is 17.9. The van der Waals surface area contributed by atoms with Crippen LogP contribution in [0.2, 0.25) is 0 Å². The Kier molecular flexibility index (Phi) is 5.92. The maximum atomic E-state index is 13.0. The van der Waals surface area contributed by atoms with Gasteiger partial charge in [-0.3, -0.25) is 9.59 Å². The summed E-state index contributed by atoms with van der Waals surface area (Å²) in [5.41, 5.74) is 0.456. The summed E-state index contributed by atoms with van der Waals surface area (Å²) >= 11 is 0. The number of carbonyl (C=O) groups excluding carboxylic acids is 2. The van der Waals surface area contributed by atoms with E-state index in [1.807, 2.05) is 0 Å². The van der Waals surface area contributed by atoms with E-state index in [2.05, 4.69) is 0 Å². The van der Waals surface area contributed by atoms with Crippen LogP contribution in [0.1, 0.15) is 49.4 Å². The molecule has 1 aromatic rings. The fourth-order valence-corrected chi connectivity index (χ4v) is 2.87. The molecular formula is C17H22FNO3. The highest BCUT2D eigenvalue weighted by atomic mass is 19.1. The molecule has 0 bridgehead atoms. The zero-order valence-corrected chi connectivity index (χ0v) is 12.9. The molecule has 1 aliphatic carbocycles. The molecule has 0 heterocycles. The lowest BCUT2D eigenvalue weighted by molar-refractivity contribution is -0.143. The lowest BCUT2D eigenvalue weighted by atomic mass is 10.1. The Morgan fingerprint density at radius 3 is 2.45 bits per heavy atom. The molecule has 2 rings (SSSR count). The van der Waals surface area contributed by atoms with Crippen molar-refractivity contribution in [3.63, 3.8) is 0 Å². The molecular weight excluding hydrogens is 285 g/mol. The maximum absolute atomic E-state index is 13.0. The van der Waals surface area contributed by atoms with Crippen molar-refractivity contribution in [2.24, 2.45) is 0 Å². The third kappa shape index (κ3) is 4.29. The zero-order valence-electron chi connectivity index (χ0n) is 12.9. The van der Waals surface area contributed by atoms with Gasteiger partial charge in [0, 0.05) is 18.2 Å². The van der Waals surface area contributed by atoms with E-state index < -0.39 is 0 Å². The average molecular weight is 307 g/mol. The van der Waals surface area contributed by atoms with Gasteiger partial charge in [-0.15, -0.1) is 0 Å². The Bertz CT molecular complexity index is 509. The third-order valence-corrected chi connectivity index (χ3v) is 3.98. The van der Waals surface area contributed by atoms with Crippen LogP contribution in [0, 0.1) is 5.82 Å². The van der Waals surface area contributed by atoms with Crippen molar-refractivity contribution >= 4 is 11.9 Å². The molecule has 1 aliphatic rings. The molecule has 0 radical (unpaired) electrons. The minimum atomic E-state index is -0.365. The highest BCUT2D eigenvalue weighted by molar-refractivity contribution is 5.94. The van der Waals surface area contributed by atoms with E-state index in [-0.39, 0.29) is 30.2 Å². The number of halogens is 1. The summed E-state index contributed by atoms with van der Waals surface area (Å²) in [4.78, 5) is 26.0. The van der Waals surface area contributed by atoms with Gasteiger partial charge in [-0.1, -0.05) is 12.8 Å². The number of hydrogen-bond acceptors (Lipinski definition) is 3. The second-order valence-corrected chi connectivity index (χ2v) is 5.50. The summed E-state index contributed by atoms with van der Waals surface area (Å²) in [5, 5.41) is 0. The molecule has 1 amide bonds. The molecule has 0 aromatic heterocycles.